The van der Waals surface area contributed by atoms with Crippen molar-refractivity contribution in [2.75, 3.05) is 13.7 Å². The van der Waals surface area contributed by atoms with Crippen LogP contribution in [-0.2, 0) is 22.6 Å². The summed E-state index contributed by atoms with van der Waals surface area (Å²) in [6, 6.07) is 22.9. The van der Waals surface area contributed by atoms with Gasteiger partial charge in [0, 0.05) is 19.0 Å². The van der Waals surface area contributed by atoms with Crippen molar-refractivity contribution in [3.8, 4) is 11.5 Å². The van der Waals surface area contributed by atoms with E-state index in [9.17, 15) is 9.59 Å². The molecular formula is C33H40N2O4. The topological polar surface area (TPSA) is 67.9 Å². The van der Waals surface area contributed by atoms with Crippen LogP contribution < -0.4 is 14.8 Å². The molecule has 6 heteroatoms. The van der Waals surface area contributed by atoms with Crippen LogP contribution in [0.4, 0.5) is 0 Å². The molecule has 0 heterocycles. The molecular weight excluding hydrogens is 488 g/mol. The van der Waals surface area contributed by atoms with E-state index in [1.807, 2.05) is 86.6 Å². The highest BCUT2D eigenvalue weighted by atomic mass is 16.5. The van der Waals surface area contributed by atoms with Crippen molar-refractivity contribution in [2.45, 2.75) is 71.0 Å². The molecule has 6 nitrogen and oxygen atoms in total. The van der Waals surface area contributed by atoms with Gasteiger partial charge in [-0.2, -0.15) is 0 Å². The van der Waals surface area contributed by atoms with Crippen molar-refractivity contribution in [2.24, 2.45) is 0 Å². The summed E-state index contributed by atoms with van der Waals surface area (Å²) in [7, 11) is 1.62. The average molecular weight is 529 g/mol. The maximum atomic E-state index is 13.9. The van der Waals surface area contributed by atoms with Gasteiger partial charge >= 0.3 is 0 Å². The molecule has 0 radical (unpaired) electrons. The van der Waals surface area contributed by atoms with Crippen LogP contribution >= 0.6 is 0 Å². The molecule has 1 atom stereocenters. The normalized spacial score (nSPS) is 14.3. The van der Waals surface area contributed by atoms with Crippen LogP contribution in [0.5, 0.6) is 11.5 Å². The number of rotatable bonds is 11. The number of aryl methyl sites for hydroxylation is 2. The Kier molecular flexibility index (Phi) is 10.0. The zero-order chi connectivity index (χ0) is 27.6. The molecule has 0 bridgehead atoms. The summed E-state index contributed by atoms with van der Waals surface area (Å²) in [5.74, 6) is 1.03. The average Bonchev–Trinajstić information content (AvgIpc) is 2.96. The molecule has 4 rings (SSSR count). The number of hydrogen-bond donors (Lipinski definition) is 1. The Morgan fingerprint density at radius 2 is 1.67 bits per heavy atom. The summed E-state index contributed by atoms with van der Waals surface area (Å²) in [5.41, 5.74) is 3.91. The van der Waals surface area contributed by atoms with E-state index in [0.717, 1.165) is 47.9 Å². The minimum absolute atomic E-state index is 0.117. The van der Waals surface area contributed by atoms with Crippen molar-refractivity contribution in [1.29, 1.82) is 0 Å². The molecule has 1 aliphatic rings. The second-order valence-electron chi connectivity index (χ2n) is 10.5. The van der Waals surface area contributed by atoms with E-state index < -0.39 is 6.04 Å². The summed E-state index contributed by atoms with van der Waals surface area (Å²) >= 11 is 0. The van der Waals surface area contributed by atoms with Gasteiger partial charge in [-0.05, 0) is 67.1 Å². The quantitative estimate of drug-likeness (QED) is 0.343. The van der Waals surface area contributed by atoms with E-state index in [4.69, 9.17) is 9.47 Å². The number of amides is 2. The standard InChI is InChI=1S/C33H40N2O4/c1-24-17-18-25(2)31(19-24)39-23-32(36)35(22-27-13-10-16-29(20-27)38-3)30(21-26-11-6-4-7-12-26)33(37)34-28-14-8-5-9-15-28/h4,6-7,10-13,16-20,28,30H,5,8-9,14-15,21-23H2,1-3H3,(H,34,37)/t30-/m1/s1. The second kappa shape index (κ2) is 13.8. The Balaban J connectivity index is 1.63. The molecule has 1 saturated carbocycles. The van der Waals surface area contributed by atoms with Gasteiger partial charge in [0.05, 0.1) is 7.11 Å². The molecule has 1 fully saturated rings. The molecule has 206 valence electrons. The van der Waals surface area contributed by atoms with Crippen molar-refractivity contribution >= 4 is 11.8 Å². The summed E-state index contributed by atoms with van der Waals surface area (Å²) in [4.78, 5) is 29.4. The maximum absolute atomic E-state index is 13.9. The minimum Gasteiger partial charge on any atom is -0.497 e. The number of ether oxygens (including phenoxy) is 2. The molecule has 1 N–H and O–H groups in total. The highest BCUT2D eigenvalue weighted by Gasteiger charge is 2.32. The van der Waals surface area contributed by atoms with Crippen LogP contribution in [0.15, 0.2) is 72.8 Å². The van der Waals surface area contributed by atoms with E-state index in [1.54, 1.807) is 12.0 Å². The molecule has 1 aliphatic carbocycles. The van der Waals surface area contributed by atoms with Crippen LogP contribution in [0.3, 0.4) is 0 Å². The van der Waals surface area contributed by atoms with E-state index >= 15 is 0 Å². The fourth-order valence-electron chi connectivity index (χ4n) is 5.15. The fraction of sp³-hybridized carbons (Fsp3) is 0.394. The lowest BCUT2D eigenvalue weighted by Gasteiger charge is -2.33. The lowest BCUT2D eigenvalue weighted by Crippen LogP contribution is -2.53. The molecule has 3 aromatic rings. The Bertz CT molecular complexity index is 1240. The lowest BCUT2D eigenvalue weighted by atomic mass is 9.94. The zero-order valence-electron chi connectivity index (χ0n) is 23.3. The van der Waals surface area contributed by atoms with Crippen molar-refractivity contribution in [3.63, 3.8) is 0 Å². The number of hydrogen-bond acceptors (Lipinski definition) is 4. The summed E-state index contributed by atoms with van der Waals surface area (Å²) in [5, 5.41) is 3.27. The second-order valence-corrected chi connectivity index (χ2v) is 10.5. The SMILES string of the molecule is COc1cccc(CN(C(=O)COc2cc(C)ccc2C)[C@H](Cc2ccccc2)C(=O)NC2CCCCC2)c1. The summed E-state index contributed by atoms with van der Waals surface area (Å²) in [6.45, 7) is 4.07. The van der Waals surface area contributed by atoms with Gasteiger partial charge in [-0.1, -0.05) is 73.9 Å². The smallest absolute Gasteiger partial charge is 0.261 e. The Morgan fingerprint density at radius 1 is 0.923 bits per heavy atom. The fourth-order valence-corrected chi connectivity index (χ4v) is 5.15. The number of methoxy groups -OCH3 is 1. The third-order valence-corrected chi connectivity index (χ3v) is 7.40. The number of nitrogens with zero attached hydrogens (tertiary/aromatic N) is 1. The molecule has 2 amide bonds. The lowest BCUT2D eigenvalue weighted by molar-refractivity contribution is -0.143. The van der Waals surface area contributed by atoms with E-state index in [1.165, 1.54) is 6.42 Å². The van der Waals surface area contributed by atoms with Gasteiger partial charge in [0.25, 0.3) is 5.91 Å². The number of carbonyl (C=O) groups is 2. The van der Waals surface area contributed by atoms with Gasteiger partial charge in [-0.25, -0.2) is 0 Å². The maximum Gasteiger partial charge on any atom is 0.261 e. The van der Waals surface area contributed by atoms with Gasteiger partial charge < -0.3 is 19.7 Å². The molecule has 0 saturated heterocycles. The minimum atomic E-state index is -0.685. The van der Waals surface area contributed by atoms with Gasteiger partial charge in [0.2, 0.25) is 5.91 Å². The number of carbonyl (C=O) groups excluding carboxylic acids is 2. The van der Waals surface area contributed by atoms with Gasteiger partial charge in [-0.3, -0.25) is 9.59 Å². The first-order valence-corrected chi connectivity index (χ1v) is 13.9. The molecule has 0 aliphatic heterocycles. The first-order valence-electron chi connectivity index (χ1n) is 13.9. The predicted molar refractivity (Wildman–Crippen MR) is 154 cm³/mol. The predicted octanol–water partition coefficient (Wildman–Crippen LogP) is 5.78. The first-order chi connectivity index (χ1) is 18.9. The Morgan fingerprint density at radius 3 is 2.41 bits per heavy atom. The molecule has 0 spiro atoms. The van der Waals surface area contributed by atoms with Crippen LogP contribution in [0.25, 0.3) is 0 Å². The van der Waals surface area contributed by atoms with Crippen LogP contribution in [0, 0.1) is 13.8 Å². The highest BCUT2D eigenvalue weighted by Crippen LogP contribution is 2.23. The first kappa shape index (κ1) is 28.2. The van der Waals surface area contributed by atoms with E-state index in [-0.39, 0.29) is 31.0 Å². The van der Waals surface area contributed by atoms with Gasteiger partial charge in [0.1, 0.15) is 17.5 Å². The molecule has 0 aromatic heterocycles. The molecule has 39 heavy (non-hydrogen) atoms. The van der Waals surface area contributed by atoms with Crippen LogP contribution in [0.1, 0.15) is 54.4 Å². The number of nitrogens with one attached hydrogen (secondary N) is 1. The van der Waals surface area contributed by atoms with Gasteiger partial charge in [0.15, 0.2) is 6.61 Å². The summed E-state index contributed by atoms with van der Waals surface area (Å²) < 4.78 is 11.4. The zero-order valence-corrected chi connectivity index (χ0v) is 23.3. The highest BCUT2D eigenvalue weighted by molar-refractivity contribution is 5.88. The van der Waals surface area contributed by atoms with Crippen molar-refractivity contribution < 1.29 is 19.1 Å². The monoisotopic (exact) mass is 528 g/mol. The van der Waals surface area contributed by atoms with E-state index in [2.05, 4.69) is 5.32 Å². The molecule has 3 aromatic carbocycles. The van der Waals surface area contributed by atoms with Crippen molar-refractivity contribution in [1.82, 2.24) is 10.2 Å². The third-order valence-electron chi connectivity index (χ3n) is 7.40. The number of benzene rings is 3. The summed E-state index contributed by atoms with van der Waals surface area (Å²) in [6.07, 6.45) is 5.80. The van der Waals surface area contributed by atoms with Crippen LogP contribution in [-0.4, -0.2) is 42.5 Å². The Hall–Kier alpha value is -3.80. The Labute approximate surface area is 232 Å². The third kappa shape index (κ3) is 8.09. The van der Waals surface area contributed by atoms with Crippen LogP contribution in [0.2, 0.25) is 0 Å². The molecule has 0 unspecified atom stereocenters. The van der Waals surface area contributed by atoms with Crippen molar-refractivity contribution in [3.05, 3.63) is 95.1 Å². The van der Waals surface area contributed by atoms with E-state index in [0.29, 0.717) is 17.9 Å². The largest absolute Gasteiger partial charge is 0.497 e. The van der Waals surface area contributed by atoms with Gasteiger partial charge in [-0.15, -0.1) is 0 Å².